The molecule has 1 heterocycles. The average molecular weight is 308 g/mol. The minimum absolute atomic E-state index is 0.167. The number of cyclic esters (lactones) is 1. The minimum atomic E-state index is -0.624. The second-order valence-electron chi connectivity index (χ2n) is 5.22. The standard InChI is InChI=1S/C18H16N2O3/c19-15-8-4-5-13(11-15)9-10-17(21)20-16(12-23-18(20)22)14-6-2-1-3-7-14/h1-11,16H,12,19H2/b10-9+/t16-/m1/s1. The van der Waals surface area contributed by atoms with E-state index in [-0.39, 0.29) is 6.61 Å². The third-order valence-electron chi connectivity index (χ3n) is 3.62. The Morgan fingerprint density at radius 1 is 1.17 bits per heavy atom. The first-order chi connectivity index (χ1) is 11.1. The molecule has 0 unspecified atom stereocenters. The number of carbonyl (C=O) groups is 2. The molecule has 0 aliphatic carbocycles. The highest BCUT2D eigenvalue weighted by atomic mass is 16.6. The number of hydrogen-bond acceptors (Lipinski definition) is 4. The van der Waals surface area contributed by atoms with Crippen molar-refractivity contribution in [2.24, 2.45) is 0 Å². The van der Waals surface area contributed by atoms with Gasteiger partial charge in [-0.3, -0.25) is 4.79 Å². The Bertz CT molecular complexity index is 756. The summed E-state index contributed by atoms with van der Waals surface area (Å²) >= 11 is 0. The molecule has 2 N–H and O–H groups in total. The van der Waals surface area contributed by atoms with E-state index < -0.39 is 18.0 Å². The number of rotatable bonds is 3. The van der Waals surface area contributed by atoms with E-state index in [1.807, 2.05) is 36.4 Å². The SMILES string of the molecule is Nc1cccc(/C=C/C(=O)N2C(=O)OC[C@@H]2c2ccccc2)c1. The topological polar surface area (TPSA) is 72.6 Å². The van der Waals surface area contributed by atoms with Gasteiger partial charge in [0.1, 0.15) is 12.6 Å². The maximum atomic E-state index is 12.4. The third kappa shape index (κ3) is 3.23. The zero-order chi connectivity index (χ0) is 16.2. The van der Waals surface area contributed by atoms with Gasteiger partial charge in [0.2, 0.25) is 0 Å². The van der Waals surface area contributed by atoms with E-state index in [0.29, 0.717) is 5.69 Å². The van der Waals surface area contributed by atoms with Crippen LogP contribution in [0.5, 0.6) is 0 Å². The van der Waals surface area contributed by atoms with Gasteiger partial charge in [-0.05, 0) is 29.3 Å². The Morgan fingerprint density at radius 2 is 1.96 bits per heavy atom. The average Bonchev–Trinajstić information content (AvgIpc) is 2.95. The van der Waals surface area contributed by atoms with Crippen molar-refractivity contribution in [3.63, 3.8) is 0 Å². The first-order valence-electron chi connectivity index (χ1n) is 7.23. The van der Waals surface area contributed by atoms with Crippen LogP contribution in [-0.2, 0) is 9.53 Å². The van der Waals surface area contributed by atoms with Crippen molar-refractivity contribution < 1.29 is 14.3 Å². The van der Waals surface area contributed by atoms with Crippen molar-refractivity contribution >= 4 is 23.8 Å². The molecule has 2 aromatic rings. The lowest BCUT2D eigenvalue weighted by Gasteiger charge is -2.18. The Hall–Kier alpha value is -3.08. The summed E-state index contributed by atoms with van der Waals surface area (Å²) < 4.78 is 5.04. The van der Waals surface area contributed by atoms with E-state index in [9.17, 15) is 9.59 Å². The van der Waals surface area contributed by atoms with E-state index in [0.717, 1.165) is 16.0 Å². The van der Waals surface area contributed by atoms with Crippen LogP contribution in [0.3, 0.4) is 0 Å². The molecule has 1 aliphatic rings. The Kier molecular flexibility index (Phi) is 4.10. The van der Waals surface area contributed by atoms with Crippen molar-refractivity contribution in [1.82, 2.24) is 4.90 Å². The molecule has 0 spiro atoms. The summed E-state index contributed by atoms with van der Waals surface area (Å²) in [6.07, 6.45) is 2.37. The van der Waals surface area contributed by atoms with Crippen LogP contribution in [0.2, 0.25) is 0 Å². The van der Waals surface area contributed by atoms with Crippen molar-refractivity contribution in [1.29, 1.82) is 0 Å². The molecule has 0 saturated carbocycles. The zero-order valence-corrected chi connectivity index (χ0v) is 12.4. The number of benzene rings is 2. The molecule has 0 radical (unpaired) electrons. The van der Waals surface area contributed by atoms with Crippen LogP contribution >= 0.6 is 0 Å². The van der Waals surface area contributed by atoms with Crippen LogP contribution in [0.15, 0.2) is 60.7 Å². The van der Waals surface area contributed by atoms with Crippen LogP contribution < -0.4 is 5.73 Å². The summed E-state index contributed by atoms with van der Waals surface area (Å²) in [6, 6.07) is 16.1. The Balaban J connectivity index is 1.80. The van der Waals surface area contributed by atoms with Crippen molar-refractivity contribution in [3.8, 4) is 0 Å². The molecule has 5 heteroatoms. The smallest absolute Gasteiger partial charge is 0.417 e. The Morgan fingerprint density at radius 3 is 2.70 bits per heavy atom. The second kappa shape index (κ2) is 6.36. The molecule has 2 amide bonds. The highest BCUT2D eigenvalue weighted by Gasteiger charge is 2.37. The lowest BCUT2D eigenvalue weighted by Crippen LogP contribution is -2.32. The summed E-state index contributed by atoms with van der Waals surface area (Å²) in [5.74, 6) is -0.413. The van der Waals surface area contributed by atoms with Gasteiger partial charge in [-0.15, -0.1) is 0 Å². The number of carbonyl (C=O) groups excluding carboxylic acids is 2. The number of nitrogens with zero attached hydrogens (tertiary/aromatic N) is 1. The van der Waals surface area contributed by atoms with Gasteiger partial charge in [-0.2, -0.15) is 0 Å². The minimum Gasteiger partial charge on any atom is -0.446 e. The molecule has 1 aliphatic heterocycles. The normalized spacial score (nSPS) is 17.5. The molecule has 5 nitrogen and oxygen atoms in total. The lowest BCUT2D eigenvalue weighted by molar-refractivity contribution is -0.124. The summed E-state index contributed by atoms with van der Waals surface area (Å²) in [4.78, 5) is 25.4. The van der Waals surface area contributed by atoms with Crippen LogP contribution in [-0.4, -0.2) is 23.5 Å². The second-order valence-corrected chi connectivity index (χ2v) is 5.22. The van der Waals surface area contributed by atoms with Gasteiger partial charge in [0.25, 0.3) is 5.91 Å². The number of hydrogen-bond donors (Lipinski definition) is 1. The van der Waals surface area contributed by atoms with Crippen LogP contribution in [0.4, 0.5) is 10.5 Å². The van der Waals surface area contributed by atoms with Gasteiger partial charge in [0, 0.05) is 11.8 Å². The lowest BCUT2D eigenvalue weighted by atomic mass is 10.1. The first-order valence-corrected chi connectivity index (χ1v) is 7.23. The number of nitrogens with two attached hydrogens (primary N) is 1. The van der Waals surface area contributed by atoms with Crippen molar-refractivity contribution in [2.75, 3.05) is 12.3 Å². The van der Waals surface area contributed by atoms with E-state index in [1.54, 1.807) is 24.3 Å². The van der Waals surface area contributed by atoms with Crippen molar-refractivity contribution in [2.45, 2.75) is 6.04 Å². The van der Waals surface area contributed by atoms with Gasteiger partial charge in [-0.1, -0.05) is 42.5 Å². The highest BCUT2D eigenvalue weighted by Crippen LogP contribution is 2.27. The Labute approximate surface area is 134 Å². The van der Waals surface area contributed by atoms with Crippen molar-refractivity contribution in [3.05, 3.63) is 71.8 Å². The van der Waals surface area contributed by atoms with E-state index in [1.165, 1.54) is 6.08 Å². The summed E-state index contributed by atoms with van der Waals surface area (Å²) in [5.41, 5.74) is 7.98. The number of nitrogen functional groups attached to an aromatic ring is 1. The molecule has 3 rings (SSSR count). The molecule has 23 heavy (non-hydrogen) atoms. The number of amides is 2. The summed E-state index contributed by atoms with van der Waals surface area (Å²) in [6.45, 7) is 0.167. The molecule has 1 saturated heterocycles. The van der Waals surface area contributed by atoms with Gasteiger partial charge in [0.15, 0.2) is 0 Å². The van der Waals surface area contributed by atoms with Gasteiger partial charge >= 0.3 is 6.09 Å². The third-order valence-corrected chi connectivity index (χ3v) is 3.62. The fourth-order valence-electron chi connectivity index (χ4n) is 2.50. The molecule has 116 valence electrons. The summed E-state index contributed by atoms with van der Waals surface area (Å²) in [7, 11) is 0. The number of anilines is 1. The predicted octanol–water partition coefficient (Wildman–Crippen LogP) is 3.00. The monoisotopic (exact) mass is 308 g/mol. The van der Waals surface area contributed by atoms with Crippen LogP contribution in [0.1, 0.15) is 17.2 Å². The van der Waals surface area contributed by atoms with Crippen LogP contribution in [0, 0.1) is 0 Å². The molecule has 2 aromatic carbocycles. The molecular formula is C18H16N2O3. The summed E-state index contributed by atoms with van der Waals surface area (Å²) in [5, 5.41) is 0. The predicted molar refractivity (Wildman–Crippen MR) is 87.3 cm³/mol. The largest absolute Gasteiger partial charge is 0.446 e. The quantitative estimate of drug-likeness (QED) is 0.699. The van der Waals surface area contributed by atoms with Crippen LogP contribution in [0.25, 0.3) is 6.08 Å². The van der Waals surface area contributed by atoms with Gasteiger partial charge < -0.3 is 10.5 Å². The zero-order valence-electron chi connectivity index (χ0n) is 12.4. The molecule has 1 atom stereocenters. The fraction of sp³-hybridized carbons (Fsp3) is 0.111. The molecule has 1 fully saturated rings. The van der Waals surface area contributed by atoms with E-state index >= 15 is 0 Å². The van der Waals surface area contributed by atoms with Gasteiger partial charge in [0.05, 0.1) is 0 Å². The molecule has 0 bridgehead atoms. The number of ether oxygens (including phenoxy) is 1. The van der Waals surface area contributed by atoms with Gasteiger partial charge in [-0.25, -0.2) is 9.69 Å². The van der Waals surface area contributed by atoms with E-state index in [2.05, 4.69) is 0 Å². The number of imide groups is 1. The first kappa shape index (κ1) is 14.8. The van der Waals surface area contributed by atoms with E-state index in [4.69, 9.17) is 10.5 Å². The molecular weight excluding hydrogens is 292 g/mol. The maximum Gasteiger partial charge on any atom is 0.417 e. The fourth-order valence-corrected chi connectivity index (χ4v) is 2.50. The highest BCUT2D eigenvalue weighted by molar-refractivity contribution is 6.02. The maximum absolute atomic E-state index is 12.4. The molecule has 0 aromatic heterocycles.